The number of hydrogen-bond acceptors (Lipinski definition) is 3. The van der Waals surface area contributed by atoms with Crippen LogP contribution in [0.2, 0.25) is 0 Å². The van der Waals surface area contributed by atoms with Gasteiger partial charge in [0.2, 0.25) is 0 Å². The molecule has 5 nitrogen and oxygen atoms in total. The van der Waals surface area contributed by atoms with E-state index in [4.69, 9.17) is 15.2 Å². The van der Waals surface area contributed by atoms with Gasteiger partial charge in [-0.1, -0.05) is 211 Å². The van der Waals surface area contributed by atoms with E-state index in [9.17, 15) is 0 Å². The Kier molecular flexibility index (Phi) is 14.7. The van der Waals surface area contributed by atoms with Gasteiger partial charge in [0, 0.05) is 29.7 Å². The Balaban J connectivity index is 0.00000645. The molecule has 3 heterocycles. The Morgan fingerprint density at radius 3 is 1.10 bits per heavy atom. The summed E-state index contributed by atoms with van der Waals surface area (Å²) >= 11 is 0. The zero-order valence-electron chi connectivity index (χ0n) is 44.9. The molecule has 14 aromatic rings. The molecular formula is C77H50IrN5. The van der Waals surface area contributed by atoms with Gasteiger partial charge in [-0.2, -0.15) is 10.2 Å². The quantitative estimate of drug-likeness (QED) is 0.108. The molecule has 14 rings (SSSR count). The first-order valence-corrected chi connectivity index (χ1v) is 27.5. The average Bonchev–Trinajstić information content (AvgIpc) is 4.44. The topological polar surface area (TPSA) is 48.5 Å². The first-order chi connectivity index (χ1) is 40.6. The van der Waals surface area contributed by atoms with Crippen LogP contribution in [0, 0.1) is 18.2 Å². The number of aromatic nitrogens is 5. The van der Waals surface area contributed by atoms with E-state index >= 15 is 0 Å². The van der Waals surface area contributed by atoms with Crippen molar-refractivity contribution in [3.05, 3.63) is 322 Å². The normalized spacial score (nSPS) is 11.0. The standard InChI is InChI=1S/C77H50N5.Ir/c1-4-19-54(20-5-1)57-37-39-58(40-38-57)59-25-16-28-62(43-59)77-42-41-63(49-78-77)71-31-10-11-32-72(71)64-44-65(73-33-12-14-35-75(73)67-50-79-81(52-67)69-29-17-26-60(47-69)55-21-6-2-7-22-55)46-66(45-64)74-34-13-15-36-76(74)68-51-80-82(53-68)70-30-18-27-61(48-70)56-23-8-3-9-24-56;/h1-27,29-46,49-53H;/q-3;+3. The summed E-state index contributed by atoms with van der Waals surface area (Å²) in [6.07, 6.45) is 10.1. The van der Waals surface area contributed by atoms with Crippen LogP contribution >= 0.6 is 0 Å². The third-order valence-corrected chi connectivity index (χ3v) is 15.1. The van der Waals surface area contributed by atoms with Crippen molar-refractivity contribution in [2.24, 2.45) is 0 Å². The van der Waals surface area contributed by atoms with E-state index in [1.54, 1.807) is 0 Å². The molecule has 0 aliphatic heterocycles. The molecule has 11 aromatic carbocycles. The first kappa shape index (κ1) is 52.0. The Morgan fingerprint density at radius 2 is 0.651 bits per heavy atom. The van der Waals surface area contributed by atoms with Gasteiger partial charge in [0.25, 0.3) is 0 Å². The largest absolute Gasteiger partial charge is 3.00 e. The van der Waals surface area contributed by atoms with Crippen molar-refractivity contribution >= 4 is 0 Å². The van der Waals surface area contributed by atoms with Crippen molar-refractivity contribution < 1.29 is 20.1 Å². The molecule has 392 valence electrons. The van der Waals surface area contributed by atoms with Crippen LogP contribution in [0.1, 0.15) is 0 Å². The summed E-state index contributed by atoms with van der Waals surface area (Å²) in [6.45, 7) is 0. The molecule has 0 saturated heterocycles. The van der Waals surface area contributed by atoms with Crippen molar-refractivity contribution in [1.29, 1.82) is 0 Å². The van der Waals surface area contributed by atoms with E-state index in [0.29, 0.717) is 0 Å². The van der Waals surface area contributed by atoms with Crippen LogP contribution < -0.4 is 0 Å². The number of nitrogens with zero attached hydrogens (tertiary/aromatic N) is 5. The molecule has 0 saturated carbocycles. The van der Waals surface area contributed by atoms with Gasteiger partial charge in [0.1, 0.15) is 0 Å². The van der Waals surface area contributed by atoms with Gasteiger partial charge in [0.05, 0.1) is 12.4 Å². The zero-order chi connectivity index (χ0) is 54.6. The summed E-state index contributed by atoms with van der Waals surface area (Å²) in [4.78, 5) is 5.11. The molecular weight excluding hydrogens is 1190 g/mol. The molecule has 0 fully saturated rings. The minimum absolute atomic E-state index is 0. The van der Waals surface area contributed by atoms with Crippen LogP contribution in [0.25, 0.3) is 134 Å². The summed E-state index contributed by atoms with van der Waals surface area (Å²) in [6, 6.07) is 106. The molecule has 0 unspecified atom stereocenters. The summed E-state index contributed by atoms with van der Waals surface area (Å²) in [7, 11) is 0. The summed E-state index contributed by atoms with van der Waals surface area (Å²) in [5, 5.41) is 9.84. The summed E-state index contributed by atoms with van der Waals surface area (Å²) in [5.41, 5.74) is 25.1. The average molecular weight is 1240 g/mol. The second-order valence-corrected chi connectivity index (χ2v) is 20.3. The van der Waals surface area contributed by atoms with Gasteiger partial charge in [-0.25, -0.2) is 0 Å². The molecule has 0 aliphatic carbocycles. The minimum Gasteiger partial charge on any atom is -0.304 e. The van der Waals surface area contributed by atoms with E-state index in [1.165, 1.54) is 11.1 Å². The van der Waals surface area contributed by atoms with Gasteiger partial charge in [0.15, 0.2) is 0 Å². The van der Waals surface area contributed by atoms with Crippen LogP contribution in [-0.4, -0.2) is 24.5 Å². The third kappa shape index (κ3) is 10.9. The van der Waals surface area contributed by atoms with Gasteiger partial charge in [-0.05, 0) is 108 Å². The fourth-order valence-electron chi connectivity index (χ4n) is 11.0. The van der Waals surface area contributed by atoms with E-state index in [1.807, 2.05) is 52.2 Å². The van der Waals surface area contributed by atoms with Gasteiger partial charge in [-0.3, -0.25) is 9.36 Å². The number of rotatable bonds is 13. The Labute approximate surface area is 497 Å². The first-order valence-electron chi connectivity index (χ1n) is 27.5. The number of pyridine rings is 1. The van der Waals surface area contributed by atoms with Crippen molar-refractivity contribution in [2.45, 2.75) is 0 Å². The van der Waals surface area contributed by atoms with Crippen LogP contribution in [-0.2, 0) is 20.1 Å². The van der Waals surface area contributed by atoms with E-state index < -0.39 is 0 Å². The smallest absolute Gasteiger partial charge is 0.304 e. The van der Waals surface area contributed by atoms with Crippen molar-refractivity contribution in [1.82, 2.24) is 24.5 Å². The molecule has 0 spiro atoms. The maximum Gasteiger partial charge on any atom is 3.00 e. The second-order valence-electron chi connectivity index (χ2n) is 20.3. The van der Waals surface area contributed by atoms with Gasteiger partial charge < -0.3 is 4.98 Å². The minimum atomic E-state index is 0. The predicted octanol–water partition coefficient (Wildman–Crippen LogP) is 19.2. The molecule has 0 aliphatic rings. The maximum absolute atomic E-state index is 5.11. The van der Waals surface area contributed by atoms with Crippen LogP contribution in [0.15, 0.2) is 304 Å². The molecule has 3 aromatic heterocycles. The van der Waals surface area contributed by atoms with Gasteiger partial charge in [-0.15, -0.1) is 95.1 Å². The molecule has 6 heteroatoms. The predicted molar refractivity (Wildman–Crippen MR) is 335 cm³/mol. The maximum atomic E-state index is 5.11. The molecule has 83 heavy (non-hydrogen) atoms. The third-order valence-electron chi connectivity index (χ3n) is 15.1. The molecule has 0 atom stereocenters. The van der Waals surface area contributed by atoms with Gasteiger partial charge >= 0.3 is 20.1 Å². The van der Waals surface area contributed by atoms with E-state index in [-0.39, 0.29) is 20.1 Å². The van der Waals surface area contributed by atoms with Crippen molar-refractivity contribution in [3.8, 4) is 134 Å². The Bertz CT molecular complexity index is 4360. The van der Waals surface area contributed by atoms with Crippen LogP contribution in [0.4, 0.5) is 0 Å². The Hall–Kier alpha value is -10.4. The fourth-order valence-corrected chi connectivity index (χ4v) is 11.0. The molecule has 0 bridgehead atoms. The fraction of sp³-hybridized carbons (Fsp3) is 0. The van der Waals surface area contributed by atoms with Crippen molar-refractivity contribution in [3.63, 3.8) is 0 Å². The number of hydrogen-bond donors (Lipinski definition) is 0. The summed E-state index contributed by atoms with van der Waals surface area (Å²) < 4.78 is 3.84. The molecule has 0 radical (unpaired) electrons. The monoisotopic (exact) mass is 1240 g/mol. The SMILES string of the molecule is [Ir+3].[c-]1ccc(-c2ccc(-c3ccccc3)cc2)cc1-c1ccc(-c2ccccc2-c2cc(-c3ccccc3-c3cnn(-c4[c-]c(-c5ccccc5)ccc4)c3)cc(-c3ccccc3-c3cnn(-c4[c-]c(-c5ccccc5)ccc4)c3)c2)cn1. The second kappa shape index (κ2) is 23.4. The molecule has 0 amide bonds. The van der Waals surface area contributed by atoms with E-state index in [0.717, 1.165) is 123 Å². The van der Waals surface area contributed by atoms with Crippen LogP contribution in [0.5, 0.6) is 0 Å². The Morgan fingerprint density at radius 1 is 0.265 bits per heavy atom. The van der Waals surface area contributed by atoms with Crippen molar-refractivity contribution in [2.75, 3.05) is 0 Å². The number of benzene rings is 11. The zero-order valence-corrected chi connectivity index (χ0v) is 47.3. The van der Waals surface area contributed by atoms with E-state index in [2.05, 4.69) is 279 Å². The van der Waals surface area contributed by atoms with Crippen LogP contribution in [0.3, 0.4) is 0 Å². The summed E-state index contributed by atoms with van der Waals surface area (Å²) in [5.74, 6) is 0. The molecule has 0 N–H and O–H groups in total.